The standard InChI is InChI=1S/C27H24BrN3O5/c1-3-36-19-13-11-18(12-14-19)30-26(33)22-23(20-9-4-5-10-21(20)35-2)29-31(24(22)27(30)34)25(32)16-7-6-8-17(28)15-16/h4-15,22-24,29H,3H2,1-2H3/t22-,23+,24+/m1/s1. The Hall–Kier alpha value is -3.69. The third-order valence-corrected chi connectivity index (χ3v) is 6.90. The number of para-hydroxylation sites is 1. The van der Waals surface area contributed by atoms with E-state index in [0.717, 1.165) is 9.37 Å². The first-order valence-corrected chi connectivity index (χ1v) is 12.3. The van der Waals surface area contributed by atoms with Crippen LogP contribution in [0.5, 0.6) is 11.5 Å². The maximum atomic E-state index is 13.8. The molecule has 1 N–H and O–H groups in total. The number of nitrogens with zero attached hydrogens (tertiary/aromatic N) is 2. The third kappa shape index (κ3) is 4.04. The van der Waals surface area contributed by atoms with Gasteiger partial charge in [-0.05, 0) is 55.5 Å². The first-order chi connectivity index (χ1) is 17.4. The van der Waals surface area contributed by atoms with Crippen LogP contribution in [0.15, 0.2) is 77.3 Å². The lowest BCUT2D eigenvalue weighted by molar-refractivity contribution is -0.123. The number of hydrogen-bond donors (Lipinski definition) is 1. The molecule has 0 radical (unpaired) electrons. The molecule has 2 saturated heterocycles. The van der Waals surface area contributed by atoms with Crippen molar-refractivity contribution in [1.82, 2.24) is 10.4 Å². The number of ether oxygens (including phenoxy) is 2. The topological polar surface area (TPSA) is 88.2 Å². The molecule has 0 unspecified atom stereocenters. The Balaban J connectivity index is 1.57. The molecule has 0 spiro atoms. The monoisotopic (exact) mass is 549 g/mol. The fourth-order valence-electron chi connectivity index (χ4n) is 4.83. The number of rotatable bonds is 6. The molecular formula is C27H24BrN3O5. The van der Waals surface area contributed by atoms with Crippen molar-refractivity contribution in [1.29, 1.82) is 0 Å². The highest BCUT2D eigenvalue weighted by molar-refractivity contribution is 9.10. The Bertz CT molecular complexity index is 1330. The Labute approximate surface area is 216 Å². The summed E-state index contributed by atoms with van der Waals surface area (Å²) in [6.45, 7) is 2.38. The Morgan fingerprint density at radius 2 is 1.75 bits per heavy atom. The van der Waals surface area contributed by atoms with Gasteiger partial charge >= 0.3 is 0 Å². The molecular weight excluding hydrogens is 526 g/mol. The Kier molecular flexibility index (Phi) is 6.51. The zero-order chi connectivity index (χ0) is 25.4. The van der Waals surface area contributed by atoms with Crippen molar-refractivity contribution in [2.45, 2.75) is 19.0 Å². The SMILES string of the molecule is CCOc1ccc(N2C(=O)[C@H]3[C@@H](C2=O)N(C(=O)c2cccc(Br)c2)N[C@H]3c2ccccc2OC)cc1. The number of carbonyl (C=O) groups excluding carboxylic acids is 3. The van der Waals surface area contributed by atoms with Gasteiger partial charge in [0.05, 0.1) is 31.4 Å². The van der Waals surface area contributed by atoms with E-state index in [-0.39, 0.29) is 5.91 Å². The molecule has 9 heteroatoms. The van der Waals surface area contributed by atoms with Crippen LogP contribution < -0.4 is 19.8 Å². The number of imide groups is 1. The van der Waals surface area contributed by atoms with Crippen molar-refractivity contribution < 1.29 is 23.9 Å². The molecule has 5 rings (SSSR count). The van der Waals surface area contributed by atoms with Gasteiger partial charge in [0, 0.05) is 15.6 Å². The van der Waals surface area contributed by atoms with Crippen LogP contribution in [0.4, 0.5) is 5.69 Å². The summed E-state index contributed by atoms with van der Waals surface area (Å²) in [4.78, 5) is 42.3. The average molecular weight is 550 g/mol. The van der Waals surface area contributed by atoms with E-state index < -0.39 is 29.8 Å². The average Bonchev–Trinajstić information content (AvgIpc) is 3.40. The van der Waals surface area contributed by atoms with E-state index in [1.54, 1.807) is 55.6 Å². The maximum absolute atomic E-state index is 13.8. The van der Waals surface area contributed by atoms with E-state index in [0.29, 0.717) is 34.9 Å². The predicted molar refractivity (Wildman–Crippen MR) is 137 cm³/mol. The molecule has 3 amide bonds. The minimum absolute atomic E-state index is 0.385. The van der Waals surface area contributed by atoms with Crippen LogP contribution in [0.1, 0.15) is 28.9 Å². The summed E-state index contributed by atoms with van der Waals surface area (Å²) in [6, 6.07) is 19.3. The quantitative estimate of drug-likeness (QED) is 0.465. The van der Waals surface area contributed by atoms with Crippen molar-refractivity contribution in [3.63, 3.8) is 0 Å². The van der Waals surface area contributed by atoms with E-state index in [4.69, 9.17) is 9.47 Å². The van der Waals surface area contributed by atoms with Gasteiger partial charge in [-0.25, -0.2) is 10.3 Å². The predicted octanol–water partition coefficient (Wildman–Crippen LogP) is 4.12. The molecule has 3 aromatic rings. The molecule has 36 heavy (non-hydrogen) atoms. The van der Waals surface area contributed by atoms with Crippen molar-refractivity contribution in [3.8, 4) is 11.5 Å². The molecule has 0 aliphatic carbocycles. The van der Waals surface area contributed by atoms with Crippen LogP contribution in [-0.2, 0) is 9.59 Å². The molecule has 0 bridgehead atoms. The van der Waals surface area contributed by atoms with Gasteiger partial charge in [0.2, 0.25) is 5.91 Å². The second-order valence-electron chi connectivity index (χ2n) is 8.44. The third-order valence-electron chi connectivity index (χ3n) is 6.40. The second-order valence-corrected chi connectivity index (χ2v) is 9.36. The normalized spacial score (nSPS) is 21.0. The van der Waals surface area contributed by atoms with Gasteiger partial charge in [0.15, 0.2) is 0 Å². The summed E-state index contributed by atoms with van der Waals surface area (Å²) in [6.07, 6.45) is 0. The molecule has 3 atom stereocenters. The molecule has 2 aliphatic heterocycles. The lowest BCUT2D eigenvalue weighted by Crippen LogP contribution is -2.48. The van der Waals surface area contributed by atoms with Gasteiger partial charge in [-0.2, -0.15) is 0 Å². The van der Waals surface area contributed by atoms with Crippen molar-refractivity contribution in [3.05, 3.63) is 88.4 Å². The molecule has 2 heterocycles. The summed E-state index contributed by atoms with van der Waals surface area (Å²) in [5, 5.41) is 1.29. The number of hydrogen-bond acceptors (Lipinski definition) is 6. The van der Waals surface area contributed by atoms with Crippen LogP contribution in [0.2, 0.25) is 0 Å². The smallest absolute Gasteiger partial charge is 0.268 e. The molecule has 2 fully saturated rings. The van der Waals surface area contributed by atoms with Gasteiger partial charge in [-0.1, -0.05) is 40.2 Å². The second kappa shape index (κ2) is 9.75. The van der Waals surface area contributed by atoms with E-state index >= 15 is 0 Å². The fourth-order valence-corrected chi connectivity index (χ4v) is 5.23. The van der Waals surface area contributed by atoms with Gasteiger partial charge in [0.1, 0.15) is 17.5 Å². The van der Waals surface area contributed by atoms with Gasteiger partial charge in [-0.15, -0.1) is 0 Å². The van der Waals surface area contributed by atoms with E-state index in [9.17, 15) is 14.4 Å². The maximum Gasteiger partial charge on any atom is 0.268 e. The first-order valence-electron chi connectivity index (χ1n) is 11.5. The highest BCUT2D eigenvalue weighted by Gasteiger charge is 2.60. The molecule has 0 aromatic heterocycles. The van der Waals surface area contributed by atoms with Crippen molar-refractivity contribution >= 4 is 39.3 Å². The van der Waals surface area contributed by atoms with Gasteiger partial charge < -0.3 is 9.47 Å². The number of fused-ring (bicyclic) bond motifs is 1. The van der Waals surface area contributed by atoms with Crippen LogP contribution >= 0.6 is 15.9 Å². The summed E-state index contributed by atoms with van der Waals surface area (Å²) in [5.41, 5.74) is 4.66. The summed E-state index contributed by atoms with van der Waals surface area (Å²) >= 11 is 3.39. The number of methoxy groups -OCH3 is 1. The van der Waals surface area contributed by atoms with E-state index in [1.165, 1.54) is 5.01 Å². The molecule has 2 aliphatic rings. The van der Waals surface area contributed by atoms with Crippen LogP contribution in [0.25, 0.3) is 0 Å². The number of amides is 3. The zero-order valence-electron chi connectivity index (χ0n) is 19.7. The summed E-state index contributed by atoms with van der Waals surface area (Å²) < 4.78 is 11.8. The molecule has 0 saturated carbocycles. The minimum Gasteiger partial charge on any atom is -0.496 e. The highest BCUT2D eigenvalue weighted by atomic mass is 79.9. The van der Waals surface area contributed by atoms with E-state index in [2.05, 4.69) is 21.4 Å². The number of nitrogens with one attached hydrogen (secondary N) is 1. The first kappa shape index (κ1) is 24.0. The molecule has 8 nitrogen and oxygen atoms in total. The highest BCUT2D eigenvalue weighted by Crippen LogP contribution is 2.44. The number of benzene rings is 3. The zero-order valence-corrected chi connectivity index (χ0v) is 21.3. The van der Waals surface area contributed by atoms with Crippen molar-refractivity contribution in [2.24, 2.45) is 5.92 Å². The fraction of sp³-hybridized carbons (Fsp3) is 0.222. The lowest BCUT2D eigenvalue weighted by Gasteiger charge is -2.25. The van der Waals surface area contributed by atoms with Crippen LogP contribution in [-0.4, -0.2) is 42.5 Å². The Morgan fingerprint density at radius 1 is 1.00 bits per heavy atom. The van der Waals surface area contributed by atoms with Crippen LogP contribution in [0.3, 0.4) is 0 Å². The van der Waals surface area contributed by atoms with Crippen molar-refractivity contribution in [2.75, 3.05) is 18.6 Å². The molecule has 3 aromatic carbocycles. The lowest BCUT2D eigenvalue weighted by atomic mass is 9.90. The van der Waals surface area contributed by atoms with Gasteiger partial charge in [-0.3, -0.25) is 19.4 Å². The largest absolute Gasteiger partial charge is 0.496 e. The molecule has 184 valence electrons. The number of hydrazine groups is 1. The Morgan fingerprint density at radius 3 is 2.44 bits per heavy atom. The summed E-state index contributed by atoms with van der Waals surface area (Å²) in [5.74, 6) is -0.898. The number of halogens is 1. The number of carbonyl (C=O) groups is 3. The minimum atomic E-state index is -1.02. The van der Waals surface area contributed by atoms with E-state index in [1.807, 2.05) is 31.2 Å². The summed E-state index contributed by atoms with van der Waals surface area (Å²) in [7, 11) is 1.55. The van der Waals surface area contributed by atoms with Crippen LogP contribution in [0, 0.1) is 5.92 Å². The number of anilines is 1. The van der Waals surface area contributed by atoms with Gasteiger partial charge in [0.25, 0.3) is 11.8 Å².